The van der Waals surface area contributed by atoms with Gasteiger partial charge in [-0.25, -0.2) is 4.98 Å². The van der Waals surface area contributed by atoms with Crippen LogP contribution in [0.3, 0.4) is 0 Å². The molecule has 3 nitrogen and oxygen atoms in total. The molecule has 0 spiro atoms. The second kappa shape index (κ2) is 7.66. The fourth-order valence-corrected chi connectivity index (χ4v) is 2.71. The molecular formula is C17H25N3S. The van der Waals surface area contributed by atoms with Crippen molar-refractivity contribution in [3.63, 3.8) is 0 Å². The quantitative estimate of drug-likeness (QED) is 0.847. The van der Waals surface area contributed by atoms with Gasteiger partial charge in [-0.1, -0.05) is 32.0 Å². The molecule has 0 atom stereocenters. The summed E-state index contributed by atoms with van der Waals surface area (Å²) < 4.78 is 0. The predicted molar refractivity (Wildman–Crippen MR) is 95.4 cm³/mol. The fourth-order valence-electron chi connectivity index (χ4n) is 2.26. The lowest BCUT2D eigenvalue weighted by molar-refractivity contribution is 0.588. The van der Waals surface area contributed by atoms with E-state index in [-0.39, 0.29) is 0 Å². The summed E-state index contributed by atoms with van der Waals surface area (Å²) in [5.74, 6) is 2.21. The number of hydrogen-bond acceptors (Lipinski definition) is 4. The van der Waals surface area contributed by atoms with Crippen molar-refractivity contribution in [3.05, 3.63) is 35.9 Å². The van der Waals surface area contributed by atoms with Gasteiger partial charge in [-0.3, -0.25) is 0 Å². The van der Waals surface area contributed by atoms with Gasteiger partial charge >= 0.3 is 0 Å². The lowest BCUT2D eigenvalue weighted by Crippen LogP contribution is -2.26. The third-order valence-corrected chi connectivity index (χ3v) is 4.06. The molecule has 2 rings (SSSR count). The van der Waals surface area contributed by atoms with E-state index >= 15 is 0 Å². The molecule has 0 aliphatic heterocycles. The Labute approximate surface area is 132 Å². The average Bonchev–Trinajstić information content (AvgIpc) is 2.49. The van der Waals surface area contributed by atoms with Gasteiger partial charge in [-0.15, -0.1) is 0 Å². The number of nitrogens with zero attached hydrogens (tertiary/aromatic N) is 2. The summed E-state index contributed by atoms with van der Waals surface area (Å²) in [6.45, 7) is 6.22. The third kappa shape index (κ3) is 4.35. The van der Waals surface area contributed by atoms with E-state index in [0.717, 1.165) is 30.2 Å². The number of aromatic nitrogens is 1. The maximum atomic E-state index is 4.88. The van der Waals surface area contributed by atoms with E-state index in [4.69, 9.17) is 4.98 Å². The molecule has 114 valence electrons. The molecule has 1 N–H and O–H groups in total. The molecule has 1 aromatic heterocycles. The highest BCUT2D eigenvalue weighted by atomic mass is 32.2. The Morgan fingerprint density at radius 1 is 1.29 bits per heavy atom. The molecule has 4 heteroatoms. The van der Waals surface area contributed by atoms with Crippen LogP contribution in [0.5, 0.6) is 0 Å². The molecule has 2 aromatic rings. The van der Waals surface area contributed by atoms with Gasteiger partial charge in [0.15, 0.2) is 0 Å². The van der Waals surface area contributed by atoms with E-state index in [9.17, 15) is 0 Å². The van der Waals surface area contributed by atoms with E-state index in [1.165, 1.54) is 10.9 Å². The van der Waals surface area contributed by atoms with Gasteiger partial charge in [0, 0.05) is 42.9 Å². The van der Waals surface area contributed by atoms with Crippen molar-refractivity contribution in [2.45, 2.75) is 26.4 Å². The van der Waals surface area contributed by atoms with Gasteiger partial charge in [0.25, 0.3) is 0 Å². The van der Waals surface area contributed by atoms with Crippen molar-refractivity contribution in [2.24, 2.45) is 0 Å². The Morgan fingerprint density at radius 3 is 2.76 bits per heavy atom. The predicted octanol–water partition coefficient (Wildman–Crippen LogP) is 3.53. The standard InChI is InChI=1S/C17H25N3S/c1-13(2)18-12-15-11-14-7-5-6-8-16(14)19-17(15)20(3)9-10-21-4/h5-8,11,13,18H,9-10,12H2,1-4H3. The number of pyridine rings is 1. The van der Waals surface area contributed by atoms with Crippen LogP contribution in [0.1, 0.15) is 19.4 Å². The SMILES string of the molecule is CSCCN(C)c1nc2ccccc2cc1CNC(C)C. The van der Waals surface area contributed by atoms with Crippen LogP contribution in [-0.2, 0) is 6.54 Å². The summed E-state index contributed by atoms with van der Waals surface area (Å²) in [6.07, 6.45) is 2.14. The number of anilines is 1. The Balaban J connectivity index is 2.35. The van der Waals surface area contributed by atoms with Crippen LogP contribution in [0.15, 0.2) is 30.3 Å². The molecule has 0 saturated carbocycles. The highest BCUT2D eigenvalue weighted by Gasteiger charge is 2.11. The van der Waals surface area contributed by atoms with E-state index < -0.39 is 0 Å². The summed E-state index contributed by atoms with van der Waals surface area (Å²) in [5.41, 5.74) is 2.34. The van der Waals surface area contributed by atoms with Crippen LogP contribution in [0.25, 0.3) is 10.9 Å². The number of para-hydroxylation sites is 1. The normalized spacial score (nSPS) is 11.3. The average molecular weight is 303 g/mol. The van der Waals surface area contributed by atoms with Gasteiger partial charge in [-0.05, 0) is 18.4 Å². The van der Waals surface area contributed by atoms with Crippen molar-refractivity contribution in [1.82, 2.24) is 10.3 Å². The van der Waals surface area contributed by atoms with Crippen LogP contribution in [0, 0.1) is 0 Å². The maximum Gasteiger partial charge on any atom is 0.133 e. The van der Waals surface area contributed by atoms with Gasteiger partial charge in [0.2, 0.25) is 0 Å². The molecule has 0 aliphatic carbocycles. The van der Waals surface area contributed by atoms with E-state index in [1.807, 2.05) is 17.8 Å². The number of thioether (sulfide) groups is 1. The van der Waals surface area contributed by atoms with Gasteiger partial charge in [0.1, 0.15) is 5.82 Å². The Kier molecular flexibility index (Phi) is 5.88. The zero-order valence-electron chi connectivity index (χ0n) is 13.4. The van der Waals surface area contributed by atoms with Crippen molar-refractivity contribution < 1.29 is 0 Å². The van der Waals surface area contributed by atoms with Gasteiger partial charge < -0.3 is 10.2 Å². The number of benzene rings is 1. The first kappa shape index (κ1) is 16.1. The molecule has 0 fully saturated rings. The summed E-state index contributed by atoms with van der Waals surface area (Å²) in [7, 11) is 2.13. The van der Waals surface area contributed by atoms with Gasteiger partial charge in [-0.2, -0.15) is 11.8 Å². The topological polar surface area (TPSA) is 28.2 Å². The Hall–Kier alpha value is -1.26. The molecule has 0 amide bonds. The molecular weight excluding hydrogens is 278 g/mol. The highest BCUT2D eigenvalue weighted by Crippen LogP contribution is 2.23. The molecule has 0 aliphatic rings. The van der Waals surface area contributed by atoms with Gasteiger partial charge in [0.05, 0.1) is 5.52 Å². The minimum absolute atomic E-state index is 0.473. The molecule has 1 aromatic carbocycles. The number of hydrogen-bond donors (Lipinski definition) is 1. The zero-order valence-corrected chi connectivity index (χ0v) is 14.2. The Morgan fingerprint density at radius 2 is 2.05 bits per heavy atom. The van der Waals surface area contributed by atoms with Crippen molar-refractivity contribution in [2.75, 3.05) is 30.5 Å². The monoisotopic (exact) mass is 303 g/mol. The number of nitrogens with one attached hydrogen (secondary N) is 1. The minimum Gasteiger partial charge on any atom is -0.359 e. The summed E-state index contributed by atoms with van der Waals surface area (Å²) in [5, 5.41) is 4.71. The van der Waals surface area contributed by atoms with Crippen LogP contribution < -0.4 is 10.2 Å². The van der Waals surface area contributed by atoms with E-state index in [2.05, 4.69) is 61.6 Å². The van der Waals surface area contributed by atoms with Crippen LogP contribution in [0.2, 0.25) is 0 Å². The Bertz CT molecular complexity index is 583. The molecule has 0 radical (unpaired) electrons. The van der Waals surface area contributed by atoms with Crippen LogP contribution in [0.4, 0.5) is 5.82 Å². The third-order valence-electron chi connectivity index (χ3n) is 3.47. The minimum atomic E-state index is 0.473. The first-order valence-electron chi connectivity index (χ1n) is 7.44. The first-order chi connectivity index (χ1) is 10.1. The summed E-state index contributed by atoms with van der Waals surface area (Å²) in [4.78, 5) is 7.15. The summed E-state index contributed by atoms with van der Waals surface area (Å²) >= 11 is 1.87. The second-order valence-electron chi connectivity index (χ2n) is 5.61. The number of rotatable bonds is 7. The van der Waals surface area contributed by atoms with Crippen LogP contribution in [-0.4, -0.2) is 36.6 Å². The fraction of sp³-hybridized carbons (Fsp3) is 0.471. The van der Waals surface area contributed by atoms with Crippen LogP contribution >= 0.6 is 11.8 Å². The maximum absolute atomic E-state index is 4.88. The van der Waals surface area contributed by atoms with E-state index in [1.54, 1.807) is 0 Å². The number of fused-ring (bicyclic) bond motifs is 1. The molecule has 0 unspecified atom stereocenters. The lowest BCUT2D eigenvalue weighted by atomic mass is 10.1. The highest BCUT2D eigenvalue weighted by molar-refractivity contribution is 7.98. The van der Waals surface area contributed by atoms with Crippen molar-refractivity contribution >= 4 is 28.5 Å². The molecule has 0 saturated heterocycles. The largest absolute Gasteiger partial charge is 0.359 e. The lowest BCUT2D eigenvalue weighted by Gasteiger charge is -2.22. The first-order valence-corrected chi connectivity index (χ1v) is 8.83. The van der Waals surface area contributed by atoms with Crippen molar-refractivity contribution in [3.8, 4) is 0 Å². The second-order valence-corrected chi connectivity index (χ2v) is 6.60. The smallest absolute Gasteiger partial charge is 0.133 e. The van der Waals surface area contributed by atoms with Crippen molar-refractivity contribution in [1.29, 1.82) is 0 Å². The molecule has 1 heterocycles. The summed E-state index contributed by atoms with van der Waals surface area (Å²) in [6, 6.07) is 11.1. The van der Waals surface area contributed by atoms with E-state index in [0.29, 0.717) is 6.04 Å². The molecule has 21 heavy (non-hydrogen) atoms. The zero-order chi connectivity index (χ0) is 15.2. The molecule has 0 bridgehead atoms.